The summed E-state index contributed by atoms with van der Waals surface area (Å²) < 4.78 is 18.8. The van der Waals surface area contributed by atoms with E-state index in [4.69, 9.17) is 14.2 Å². The van der Waals surface area contributed by atoms with Gasteiger partial charge in [-0.1, -0.05) is 31.7 Å². The molecule has 0 radical (unpaired) electrons. The van der Waals surface area contributed by atoms with Crippen molar-refractivity contribution in [1.82, 2.24) is 25.1 Å². The minimum absolute atomic E-state index is 0.0763. The molecule has 1 unspecified atom stereocenters. The molecule has 1 aliphatic rings. The highest BCUT2D eigenvalue weighted by Gasteiger charge is 2.22. The number of carbonyl (C=O) groups excluding carboxylic acids is 1. The molecule has 0 fully saturated rings. The van der Waals surface area contributed by atoms with Gasteiger partial charge in [0.1, 0.15) is 0 Å². The number of amides is 1. The number of nitrogens with zero attached hydrogens (tertiary/aromatic N) is 4. The lowest BCUT2D eigenvalue weighted by Crippen LogP contribution is -2.33. The third-order valence-corrected chi connectivity index (χ3v) is 6.59. The number of methoxy groups -OCH3 is 1. The summed E-state index contributed by atoms with van der Waals surface area (Å²) >= 11 is 1.36. The SMILES string of the molecule is COCCn1c(SCC(=O)NC(c2ccc3c(c2)OCCCO3)C(C)C)nnc1-c1ccncc1. The first-order chi connectivity index (χ1) is 17.1. The van der Waals surface area contributed by atoms with Gasteiger partial charge in [0.2, 0.25) is 5.91 Å². The molecule has 0 saturated heterocycles. The number of aromatic nitrogens is 4. The summed E-state index contributed by atoms with van der Waals surface area (Å²) in [5.74, 6) is 2.53. The number of rotatable bonds is 10. The summed E-state index contributed by atoms with van der Waals surface area (Å²) in [5.41, 5.74) is 1.90. The lowest BCUT2D eigenvalue weighted by atomic mass is 9.95. The molecular weight excluding hydrogens is 466 g/mol. The highest BCUT2D eigenvalue weighted by molar-refractivity contribution is 7.99. The topological polar surface area (TPSA) is 100 Å². The highest BCUT2D eigenvalue weighted by atomic mass is 32.2. The van der Waals surface area contributed by atoms with E-state index in [2.05, 4.69) is 34.3 Å². The zero-order chi connectivity index (χ0) is 24.6. The summed E-state index contributed by atoms with van der Waals surface area (Å²) in [7, 11) is 1.66. The Labute approximate surface area is 209 Å². The molecule has 0 aliphatic carbocycles. The quantitative estimate of drug-likeness (QED) is 0.423. The second-order valence-corrected chi connectivity index (χ2v) is 9.46. The van der Waals surface area contributed by atoms with Gasteiger partial charge in [-0.05, 0) is 35.7 Å². The Morgan fingerprint density at radius 3 is 2.66 bits per heavy atom. The number of benzene rings is 1. The van der Waals surface area contributed by atoms with Gasteiger partial charge in [-0.3, -0.25) is 14.3 Å². The molecule has 2 aromatic heterocycles. The zero-order valence-corrected chi connectivity index (χ0v) is 21.1. The number of ether oxygens (including phenoxy) is 3. The monoisotopic (exact) mass is 497 g/mol. The third kappa shape index (κ3) is 6.32. The van der Waals surface area contributed by atoms with Crippen LogP contribution in [0.15, 0.2) is 47.9 Å². The molecule has 4 rings (SSSR count). The molecule has 1 aromatic carbocycles. The van der Waals surface area contributed by atoms with E-state index in [-0.39, 0.29) is 23.6 Å². The Balaban J connectivity index is 1.45. The smallest absolute Gasteiger partial charge is 0.230 e. The average molecular weight is 498 g/mol. The maximum absolute atomic E-state index is 13.0. The van der Waals surface area contributed by atoms with Crippen molar-refractivity contribution in [2.45, 2.75) is 38.0 Å². The van der Waals surface area contributed by atoms with Gasteiger partial charge in [0, 0.05) is 31.5 Å². The first-order valence-electron chi connectivity index (χ1n) is 11.7. The largest absolute Gasteiger partial charge is 0.490 e. The fourth-order valence-corrected chi connectivity index (χ4v) is 4.62. The molecule has 1 N–H and O–H groups in total. The van der Waals surface area contributed by atoms with Crippen molar-refractivity contribution in [2.24, 2.45) is 5.92 Å². The van der Waals surface area contributed by atoms with E-state index in [1.165, 1.54) is 11.8 Å². The van der Waals surface area contributed by atoms with E-state index in [0.29, 0.717) is 31.5 Å². The van der Waals surface area contributed by atoms with Crippen LogP contribution >= 0.6 is 11.8 Å². The predicted octanol–water partition coefficient (Wildman–Crippen LogP) is 3.75. The molecular formula is C25H31N5O4S. The summed E-state index contributed by atoms with van der Waals surface area (Å²) in [4.78, 5) is 17.0. The number of pyridine rings is 1. The molecule has 0 spiro atoms. The molecule has 3 aromatic rings. The van der Waals surface area contributed by atoms with Crippen LogP contribution in [0.25, 0.3) is 11.4 Å². The standard InChI is InChI=1S/C25H31N5O4S/c1-17(2)23(19-5-6-20-21(15-19)34-13-4-12-33-20)27-22(31)16-35-25-29-28-24(30(25)11-14-32-3)18-7-9-26-10-8-18/h5-10,15,17,23H,4,11-14,16H2,1-3H3,(H,27,31). The van der Waals surface area contributed by atoms with Crippen LogP contribution in [0.4, 0.5) is 0 Å². The van der Waals surface area contributed by atoms with Crippen molar-refractivity contribution < 1.29 is 19.0 Å². The van der Waals surface area contributed by atoms with Crippen LogP contribution in [0.2, 0.25) is 0 Å². The molecule has 186 valence electrons. The van der Waals surface area contributed by atoms with Gasteiger partial charge in [0.25, 0.3) is 0 Å². The van der Waals surface area contributed by atoms with Crippen molar-refractivity contribution in [3.8, 4) is 22.9 Å². The van der Waals surface area contributed by atoms with E-state index >= 15 is 0 Å². The van der Waals surface area contributed by atoms with E-state index < -0.39 is 0 Å². The van der Waals surface area contributed by atoms with Crippen molar-refractivity contribution in [1.29, 1.82) is 0 Å². The van der Waals surface area contributed by atoms with E-state index in [0.717, 1.165) is 34.9 Å². The third-order valence-electron chi connectivity index (χ3n) is 5.62. The fraction of sp³-hybridized carbons (Fsp3) is 0.440. The molecule has 1 amide bonds. The second-order valence-electron chi connectivity index (χ2n) is 8.52. The fourth-order valence-electron chi connectivity index (χ4n) is 3.85. The molecule has 1 atom stereocenters. The summed E-state index contributed by atoms with van der Waals surface area (Å²) in [6, 6.07) is 9.51. The number of nitrogens with one attached hydrogen (secondary N) is 1. The number of fused-ring (bicyclic) bond motifs is 1. The number of hydrogen-bond donors (Lipinski definition) is 1. The van der Waals surface area contributed by atoms with Gasteiger partial charge in [-0.25, -0.2) is 0 Å². The van der Waals surface area contributed by atoms with Crippen LogP contribution in [-0.2, 0) is 16.1 Å². The van der Waals surface area contributed by atoms with Gasteiger partial charge in [0.15, 0.2) is 22.5 Å². The summed E-state index contributed by atoms with van der Waals surface area (Å²) in [6.45, 7) is 6.53. The maximum Gasteiger partial charge on any atom is 0.230 e. The van der Waals surface area contributed by atoms with Crippen molar-refractivity contribution in [2.75, 3.05) is 32.7 Å². The van der Waals surface area contributed by atoms with Crippen molar-refractivity contribution >= 4 is 17.7 Å². The Morgan fingerprint density at radius 2 is 1.91 bits per heavy atom. The number of hydrogen-bond acceptors (Lipinski definition) is 8. The Bertz CT molecular complexity index is 1120. The first-order valence-corrected chi connectivity index (χ1v) is 12.7. The lowest BCUT2D eigenvalue weighted by Gasteiger charge is -2.24. The Morgan fingerprint density at radius 1 is 1.14 bits per heavy atom. The van der Waals surface area contributed by atoms with Gasteiger partial charge in [0.05, 0.1) is 38.2 Å². The molecule has 0 saturated carbocycles. The van der Waals surface area contributed by atoms with Crippen molar-refractivity contribution in [3.63, 3.8) is 0 Å². The Hall–Kier alpha value is -3.11. The second kappa shape index (κ2) is 12.0. The van der Waals surface area contributed by atoms with E-state index in [1.54, 1.807) is 19.5 Å². The Kier molecular flexibility index (Phi) is 8.59. The van der Waals surface area contributed by atoms with Gasteiger partial charge >= 0.3 is 0 Å². The first kappa shape index (κ1) is 25.0. The van der Waals surface area contributed by atoms with E-state index in [9.17, 15) is 4.79 Å². The molecule has 0 bridgehead atoms. The summed E-state index contributed by atoms with van der Waals surface area (Å²) in [6.07, 6.45) is 4.29. The zero-order valence-electron chi connectivity index (χ0n) is 20.3. The molecule has 35 heavy (non-hydrogen) atoms. The average Bonchev–Trinajstić information content (AvgIpc) is 3.12. The van der Waals surface area contributed by atoms with Crippen LogP contribution in [0, 0.1) is 5.92 Å². The molecule has 1 aliphatic heterocycles. The van der Waals surface area contributed by atoms with Crippen molar-refractivity contribution in [3.05, 3.63) is 48.3 Å². The minimum Gasteiger partial charge on any atom is -0.490 e. The van der Waals surface area contributed by atoms with Crippen LogP contribution in [0.3, 0.4) is 0 Å². The number of carbonyl (C=O) groups is 1. The molecule has 9 nitrogen and oxygen atoms in total. The minimum atomic E-state index is -0.154. The van der Waals surface area contributed by atoms with Crippen LogP contribution < -0.4 is 14.8 Å². The molecule has 3 heterocycles. The summed E-state index contributed by atoms with van der Waals surface area (Å²) in [5, 5.41) is 12.5. The van der Waals surface area contributed by atoms with Gasteiger partial charge in [-0.15, -0.1) is 10.2 Å². The highest BCUT2D eigenvalue weighted by Crippen LogP contribution is 2.34. The van der Waals surface area contributed by atoms with Crippen LogP contribution in [-0.4, -0.2) is 58.3 Å². The van der Waals surface area contributed by atoms with Gasteiger partial charge < -0.3 is 19.5 Å². The lowest BCUT2D eigenvalue weighted by molar-refractivity contribution is -0.119. The predicted molar refractivity (Wildman–Crippen MR) is 134 cm³/mol. The normalized spacial score (nSPS) is 13.9. The van der Waals surface area contributed by atoms with E-state index in [1.807, 2.05) is 34.9 Å². The van der Waals surface area contributed by atoms with Crippen LogP contribution in [0.5, 0.6) is 11.5 Å². The molecule has 10 heteroatoms. The number of thioether (sulfide) groups is 1. The van der Waals surface area contributed by atoms with Gasteiger partial charge in [-0.2, -0.15) is 0 Å². The van der Waals surface area contributed by atoms with Crippen LogP contribution in [0.1, 0.15) is 31.9 Å². The maximum atomic E-state index is 13.0.